The predicted octanol–water partition coefficient (Wildman–Crippen LogP) is 2.44. The van der Waals surface area contributed by atoms with Gasteiger partial charge in [0.15, 0.2) is 0 Å². The lowest BCUT2D eigenvalue weighted by Gasteiger charge is -2.20. The number of alkyl halides is 3. The van der Waals surface area contributed by atoms with Crippen LogP contribution in [0.2, 0.25) is 0 Å². The minimum atomic E-state index is -3.41. The molecule has 2 aromatic rings. The Morgan fingerprint density at radius 2 is 2.00 bits per heavy atom. The molecule has 0 saturated heterocycles. The van der Waals surface area contributed by atoms with Crippen LogP contribution < -0.4 is 11.3 Å². The lowest BCUT2D eigenvalue weighted by atomic mass is 10.1. The average molecular weight is 272 g/mol. The second kappa shape index (κ2) is 5.14. The molecule has 0 amide bonds. The molecule has 0 saturated carbocycles. The van der Waals surface area contributed by atoms with Crippen molar-refractivity contribution in [3.63, 3.8) is 0 Å². The van der Waals surface area contributed by atoms with Crippen molar-refractivity contribution in [1.29, 1.82) is 0 Å². The molecule has 3 N–H and O–H groups in total. The van der Waals surface area contributed by atoms with Gasteiger partial charge in [0.2, 0.25) is 0 Å². The summed E-state index contributed by atoms with van der Waals surface area (Å²) in [6.45, 7) is 0. The molecule has 18 heavy (non-hydrogen) atoms. The van der Waals surface area contributed by atoms with E-state index in [4.69, 9.17) is 17.4 Å². The van der Waals surface area contributed by atoms with Crippen LogP contribution in [0, 0.1) is 0 Å². The van der Waals surface area contributed by atoms with Crippen LogP contribution in [-0.2, 0) is 6.42 Å². The van der Waals surface area contributed by atoms with E-state index in [2.05, 4.69) is 4.98 Å². The molecule has 2 rings (SSSR count). The number of rotatable bonds is 4. The minimum Gasteiger partial charge on any atom is -0.271 e. The molecule has 1 unspecified atom stereocenters. The summed E-state index contributed by atoms with van der Waals surface area (Å²) >= 11 is 4.96. The SMILES string of the molecule is NNC(Cc1ccc2ccccc2n1)C(F)(F)Cl. The number of halogens is 3. The van der Waals surface area contributed by atoms with E-state index in [0.29, 0.717) is 5.69 Å². The zero-order valence-electron chi connectivity index (χ0n) is 9.41. The van der Waals surface area contributed by atoms with Crippen molar-refractivity contribution >= 4 is 22.5 Å². The van der Waals surface area contributed by atoms with Crippen LogP contribution in [0.25, 0.3) is 10.9 Å². The molecule has 1 heterocycles. The van der Waals surface area contributed by atoms with Crippen LogP contribution in [-0.4, -0.2) is 16.4 Å². The molecule has 0 fully saturated rings. The first-order valence-corrected chi connectivity index (χ1v) is 5.76. The largest absolute Gasteiger partial charge is 0.338 e. The summed E-state index contributed by atoms with van der Waals surface area (Å²) in [5.41, 5.74) is 3.28. The van der Waals surface area contributed by atoms with Gasteiger partial charge in [0.1, 0.15) is 6.04 Å². The van der Waals surface area contributed by atoms with E-state index in [-0.39, 0.29) is 6.42 Å². The topological polar surface area (TPSA) is 50.9 Å². The van der Waals surface area contributed by atoms with Gasteiger partial charge in [-0.05, 0) is 23.7 Å². The van der Waals surface area contributed by atoms with Crippen molar-refractivity contribution in [2.75, 3.05) is 0 Å². The highest BCUT2D eigenvalue weighted by Gasteiger charge is 2.36. The number of hydrazine groups is 1. The van der Waals surface area contributed by atoms with Crippen molar-refractivity contribution < 1.29 is 8.78 Å². The maximum atomic E-state index is 13.0. The maximum Gasteiger partial charge on any atom is 0.338 e. The number of nitrogens with zero attached hydrogens (tertiary/aromatic N) is 1. The fraction of sp³-hybridized carbons (Fsp3) is 0.250. The molecular formula is C12H12ClF2N3. The van der Waals surface area contributed by atoms with E-state index >= 15 is 0 Å². The van der Waals surface area contributed by atoms with E-state index in [9.17, 15) is 8.78 Å². The number of fused-ring (bicyclic) bond motifs is 1. The normalized spacial score (nSPS) is 13.8. The van der Waals surface area contributed by atoms with E-state index < -0.39 is 11.4 Å². The molecule has 6 heteroatoms. The molecule has 0 aliphatic heterocycles. The standard InChI is InChI=1S/C12H12ClF2N3/c13-12(14,15)11(18-16)7-9-6-5-8-3-1-2-4-10(8)17-9/h1-6,11,18H,7,16H2. The second-order valence-corrected chi connectivity index (χ2v) is 4.46. The molecule has 0 radical (unpaired) electrons. The van der Waals surface area contributed by atoms with Crippen LogP contribution in [0.4, 0.5) is 8.78 Å². The molecule has 1 aromatic carbocycles. The van der Waals surface area contributed by atoms with E-state index in [1.54, 1.807) is 6.07 Å². The number of pyridine rings is 1. The Morgan fingerprint density at radius 1 is 1.28 bits per heavy atom. The number of hydrogen-bond donors (Lipinski definition) is 2. The second-order valence-electron chi connectivity index (χ2n) is 3.96. The van der Waals surface area contributed by atoms with E-state index in [1.165, 1.54) is 0 Å². The molecule has 0 aliphatic carbocycles. The van der Waals surface area contributed by atoms with Crippen molar-refractivity contribution in [3.8, 4) is 0 Å². The van der Waals surface area contributed by atoms with Gasteiger partial charge < -0.3 is 0 Å². The molecule has 0 aliphatic rings. The van der Waals surface area contributed by atoms with Gasteiger partial charge in [-0.15, -0.1) is 0 Å². The minimum absolute atomic E-state index is 0.0438. The van der Waals surface area contributed by atoms with Crippen molar-refractivity contribution in [2.24, 2.45) is 5.84 Å². The molecule has 0 spiro atoms. The summed E-state index contributed by atoms with van der Waals surface area (Å²) in [6.07, 6.45) is -0.0438. The van der Waals surface area contributed by atoms with Gasteiger partial charge in [-0.25, -0.2) is 5.43 Å². The highest BCUT2D eigenvalue weighted by atomic mass is 35.5. The Balaban J connectivity index is 2.26. The average Bonchev–Trinajstić information content (AvgIpc) is 2.34. The van der Waals surface area contributed by atoms with Crippen LogP contribution in [0.3, 0.4) is 0 Å². The Morgan fingerprint density at radius 3 is 2.67 bits per heavy atom. The monoisotopic (exact) mass is 271 g/mol. The third kappa shape index (κ3) is 2.93. The molecule has 1 atom stereocenters. The Hall–Kier alpha value is -1.30. The zero-order valence-corrected chi connectivity index (χ0v) is 10.2. The number of nitrogens with one attached hydrogen (secondary N) is 1. The summed E-state index contributed by atoms with van der Waals surface area (Å²) in [7, 11) is 0. The smallest absolute Gasteiger partial charge is 0.271 e. The van der Waals surface area contributed by atoms with Gasteiger partial charge >= 0.3 is 5.38 Å². The quantitative estimate of drug-likeness (QED) is 0.510. The Bertz CT molecular complexity index is 542. The molecule has 3 nitrogen and oxygen atoms in total. The third-order valence-electron chi connectivity index (χ3n) is 2.67. The van der Waals surface area contributed by atoms with Gasteiger partial charge in [-0.1, -0.05) is 24.3 Å². The fourth-order valence-corrected chi connectivity index (χ4v) is 1.84. The zero-order chi connectivity index (χ0) is 13.2. The Kier molecular flexibility index (Phi) is 3.75. The summed E-state index contributed by atoms with van der Waals surface area (Å²) in [5, 5.41) is -2.46. The molecule has 0 bridgehead atoms. The number of nitrogens with two attached hydrogens (primary N) is 1. The summed E-state index contributed by atoms with van der Waals surface area (Å²) in [4.78, 5) is 4.29. The number of benzene rings is 1. The molecule has 96 valence electrons. The summed E-state index contributed by atoms with van der Waals surface area (Å²) < 4.78 is 26.0. The van der Waals surface area contributed by atoms with Gasteiger partial charge in [0, 0.05) is 17.5 Å². The van der Waals surface area contributed by atoms with Crippen molar-refractivity contribution in [2.45, 2.75) is 17.8 Å². The first kappa shape index (κ1) is 13.1. The molecular weight excluding hydrogens is 260 g/mol. The maximum absolute atomic E-state index is 13.0. The van der Waals surface area contributed by atoms with Gasteiger partial charge in [0.05, 0.1) is 5.52 Å². The van der Waals surface area contributed by atoms with Gasteiger partial charge in [0.25, 0.3) is 0 Å². The number of hydrogen-bond acceptors (Lipinski definition) is 3. The molecule has 1 aromatic heterocycles. The van der Waals surface area contributed by atoms with Crippen LogP contribution >= 0.6 is 11.6 Å². The first-order valence-electron chi connectivity index (χ1n) is 5.38. The van der Waals surface area contributed by atoms with Crippen LogP contribution in [0.5, 0.6) is 0 Å². The summed E-state index contributed by atoms with van der Waals surface area (Å²) in [5.74, 6) is 5.08. The number of aromatic nitrogens is 1. The fourth-order valence-electron chi connectivity index (χ4n) is 1.70. The lowest BCUT2D eigenvalue weighted by molar-refractivity contribution is 0.0499. The Labute approximate surface area is 108 Å². The van der Waals surface area contributed by atoms with E-state index in [1.807, 2.05) is 35.8 Å². The van der Waals surface area contributed by atoms with Gasteiger partial charge in [-0.3, -0.25) is 10.8 Å². The lowest BCUT2D eigenvalue weighted by Crippen LogP contribution is -2.47. The first-order chi connectivity index (χ1) is 8.50. The highest BCUT2D eigenvalue weighted by Crippen LogP contribution is 2.25. The van der Waals surface area contributed by atoms with Crippen LogP contribution in [0.15, 0.2) is 36.4 Å². The van der Waals surface area contributed by atoms with Crippen molar-refractivity contribution in [1.82, 2.24) is 10.4 Å². The highest BCUT2D eigenvalue weighted by molar-refractivity contribution is 6.22. The van der Waals surface area contributed by atoms with E-state index in [0.717, 1.165) is 10.9 Å². The summed E-state index contributed by atoms with van der Waals surface area (Å²) in [6, 6.07) is 9.62. The number of para-hydroxylation sites is 1. The van der Waals surface area contributed by atoms with Gasteiger partial charge in [-0.2, -0.15) is 8.78 Å². The third-order valence-corrected chi connectivity index (χ3v) is 2.93. The predicted molar refractivity (Wildman–Crippen MR) is 67.4 cm³/mol. The van der Waals surface area contributed by atoms with Crippen molar-refractivity contribution in [3.05, 3.63) is 42.1 Å². The van der Waals surface area contributed by atoms with Crippen LogP contribution in [0.1, 0.15) is 5.69 Å².